The third kappa shape index (κ3) is 2.56. The predicted molar refractivity (Wildman–Crippen MR) is 80.5 cm³/mol. The Labute approximate surface area is 116 Å². The van der Waals surface area contributed by atoms with Crippen molar-refractivity contribution in [3.05, 3.63) is 30.0 Å². The number of thioether (sulfide) groups is 1. The van der Waals surface area contributed by atoms with Crippen molar-refractivity contribution in [1.82, 2.24) is 10.3 Å². The lowest BCUT2D eigenvalue weighted by Crippen LogP contribution is -2.37. The molecule has 0 radical (unpaired) electrons. The summed E-state index contributed by atoms with van der Waals surface area (Å²) in [7, 11) is 0. The monoisotopic (exact) mass is 275 g/mol. The molecule has 2 aromatic rings. The topological polar surface area (TPSA) is 70.9 Å². The van der Waals surface area contributed by atoms with E-state index >= 15 is 0 Å². The molecule has 5 heteroatoms. The normalized spacial score (nSPS) is 16.6. The third-order valence-corrected chi connectivity index (χ3v) is 4.56. The molecule has 3 rings (SSSR count). The number of aromatic nitrogens is 1. The smallest absolute Gasteiger partial charge is 0.253 e. The number of hydrogen-bond acceptors (Lipinski definition) is 3. The van der Waals surface area contributed by atoms with Crippen molar-refractivity contribution in [3.63, 3.8) is 0 Å². The molecule has 0 aliphatic carbocycles. The summed E-state index contributed by atoms with van der Waals surface area (Å²) in [5, 5.41) is 4.01. The number of fused-ring (bicyclic) bond motifs is 1. The minimum Gasteiger partial charge on any atom is -0.399 e. The van der Waals surface area contributed by atoms with Gasteiger partial charge in [0.2, 0.25) is 0 Å². The van der Waals surface area contributed by atoms with Crippen LogP contribution in [0.5, 0.6) is 0 Å². The van der Waals surface area contributed by atoms with Crippen molar-refractivity contribution in [3.8, 4) is 0 Å². The number of nitrogens with two attached hydrogens (primary N) is 1. The van der Waals surface area contributed by atoms with Gasteiger partial charge in [-0.05, 0) is 42.5 Å². The number of carbonyl (C=O) groups is 1. The summed E-state index contributed by atoms with van der Waals surface area (Å²) >= 11 is 1.95. The molecule has 0 spiro atoms. The highest BCUT2D eigenvalue weighted by atomic mass is 32.2. The second-order valence-electron chi connectivity index (χ2n) is 4.87. The van der Waals surface area contributed by atoms with Crippen LogP contribution in [0.25, 0.3) is 10.9 Å². The van der Waals surface area contributed by atoms with Crippen molar-refractivity contribution < 1.29 is 4.79 Å². The first-order valence-electron chi connectivity index (χ1n) is 6.49. The van der Waals surface area contributed by atoms with Crippen LogP contribution in [0.3, 0.4) is 0 Å². The fourth-order valence-electron chi connectivity index (χ4n) is 2.43. The Hall–Kier alpha value is -1.62. The van der Waals surface area contributed by atoms with Gasteiger partial charge in [-0.3, -0.25) is 4.79 Å². The highest BCUT2D eigenvalue weighted by Gasteiger charge is 2.18. The van der Waals surface area contributed by atoms with Crippen molar-refractivity contribution in [2.45, 2.75) is 18.9 Å². The lowest BCUT2D eigenvalue weighted by Gasteiger charge is -2.22. The Balaban J connectivity index is 1.82. The molecule has 0 atom stereocenters. The molecular formula is C14H17N3OS. The molecule has 0 unspecified atom stereocenters. The van der Waals surface area contributed by atoms with Gasteiger partial charge in [-0.1, -0.05) is 0 Å². The molecule has 1 aromatic carbocycles. The number of hydrogen-bond donors (Lipinski definition) is 3. The number of anilines is 1. The van der Waals surface area contributed by atoms with Crippen LogP contribution in [0.1, 0.15) is 23.2 Å². The SMILES string of the molecule is Nc1ccc2[nH]cc(C(=O)NC3CCSCC3)c2c1. The molecule has 1 saturated heterocycles. The summed E-state index contributed by atoms with van der Waals surface area (Å²) < 4.78 is 0. The maximum absolute atomic E-state index is 12.3. The molecule has 2 heterocycles. The molecule has 19 heavy (non-hydrogen) atoms. The van der Waals surface area contributed by atoms with Gasteiger partial charge < -0.3 is 16.0 Å². The van der Waals surface area contributed by atoms with Gasteiger partial charge in [0.25, 0.3) is 5.91 Å². The quantitative estimate of drug-likeness (QED) is 0.737. The largest absolute Gasteiger partial charge is 0.399 e. The Morgan fingerprint density at radius 2 is 2.16 bits per heavy atom. The maximum atomic E-state index is 12.3. The molecular weight excluding hydrogens is 258 g/mol. The number of H-pyrrole nitrogens is 1. The van der Waals surface area contributed by atoms with Crippen LogP contribution in [0, 0.1) is 0 Å². The lowest BCUT2D eigenvalue weighted by molar-refractivity contribution is 0.0936. The first-order valence-corrected chi connectivity index (χ1v) is 7.65. The molecule has 0 bridgehead atoms. The number of amides is 1. The molecule has 0 saturated carbocycles. The molecule has 1 fully saturated rings. The zero-order valence-electron chi connectivity index (χ0n) is 10.6. The van der Waals surface area contributed by atoms with E-state index in [1.54, 1.807) is 6.20 Å². The number of carbonyl (C=O) groups excluding carboxylic acids is 1. The Morgan fingerprint density at radius 3 is 2.95 bits per heavy atom. The van der Waals surface area contributed by atoms with Gasteiger partial charge in [-0.2, -0.15) is 11.8 Å². The summed E-state index contributed by atoms with van der Waals surface area (Å²) in [5.74, 6) is 2.26. The van der Waals surface area contributed by atoms with Crippen LogP contribution in [0.4, 0.5) is 5.69 Å². The van der Waals surface area contributed by atoms with Gasteiger partial charge in [-0.15, -0.1) is 0 Å². The summed E-state index contributed by atoms with van der Waals surface area (Å²) in [4.78, 5) is 15.4. The number of nitrogen functional groups attached to an aromatic ring is 1. The van der Waals surface area contributed by atoms with Crippen molar-refractivity contribution in [2.24, 2.45) is 0 Å². The van der Waals surface area contributed by atoms with Crippen molar-refractivity contribution >= 4 is 34.3 Å². The van der Waals surface area contributed by atoms with Crippen LogP contribution < -0.4 is 11.1 Å². The van der Waals surface area contributed by atoms with Gasteiger partial charge in [0.05, 0.1) is 5.56 Å². The Morgan fingerprint density at radius 1 is 1.37 bits per heavy atom. The minimum atomic E-state index is -0.00579. The van der Waals surface area contributed by atoms with Crippen LogP contribution in [0.2, 0.25) is 0 Å². The fraction of sp³-hybridized carbons (Fsp3) is 0.357. The highest BCUT2D eigenvalue weighted by Crippen LogP contribution is 2.22. The first-order chi connectivity index (χ1) is 9.24. The van der Waals surface area contributed by atoms with E-state index in [2.05, 4.69) is 10.3 Å². The Bertz CT molecular complexity index is 602. The highest BCUT2D eigenvalue weighted by molar-refractivity contribution is 7.99. The summed E-state index contributed by atoms with van der Waals surface area (Å²) in [5.41, 5.74) is 8.09. The van der Waals surface area contributed by atoms with E-state index in [-0.39, 0.29) is 5.91 Å². The fourth-order valence-corrected chi connectivity index (χ4v) is 3.54. The maximum Gasteiger partial charge on any atom is 0.253 e. The molecule has 4 N–H and O–H groups in total. The van der Waals surface area contributed by atoms with Crippen molar-refractivity contribution in [1.29, 1.82) is 0 Å². The summed E-state index contributed by atoms with van der Waals surface area (Å²) in [6.45, 7) is 0. The number of aromatic amines is 1. The molecule has 100 valence electrons. The van der Waals surface area contributed by atoms with Crippen molar-refractivity contribution in [2.75, 3.05) is 17.2 Å². The standard InChI is InChI=1S/C14H17N3OS/c15-9-1-2-13-11(7-9)12(8-16-13)14(18)17-10-3-5-19-6-4-10/h1-2,7-8,10,16H,3-6,15H2,(H,17,18). The molecule has 1 amide bonds. The van der Waals surface area contributed by atoms with Gasteiger partial charge in [0.15, 0.2) is 0 Å². The minimum absolute atomic E-state index is 0.00579. The average molecular weight is 275 g/mol. The second-order valence-corrected chi connectivity index (χ2v) is 6.09. The number of rotatable bonds is 2. The van der Waals surface area contributed by atoms with Crippen LogP contribution in [-0.2, 0) is 0 Å². The van der Waals surface area contributed by atoms with Gasteiger partial charge in [0.1, 0.15) is 0 Å². The summed E-state index contributed by atoms with van der Waals surface area (Å²) in [6.07, 6.45) is 3.87. The van der Waals surface area contributed by atoms with Crippen LogP contribution >= 0.6 is 11.8 Å². The predicted octanol–water partition coefficient (Wildman–Crippen LogP) is 2.38. The van der Waals surface area contributed by atoms with E-state index in [0.29, 0.717) is 17.3 Å². The van der Waals surface area contributed by atoms with Crippen LogP contribution in [0.15, 0.2) is 24.4 Å². The molecule has 4 nitrogen and oxygen atoms in total. The first kappa shape index (κ1) is 12.4. The third-order valence-electron chi connectivity index (χ3n) is 3.51. The van der Waals surface area contributed by atoms with E-state index < -0.39 is 0 Å². The second kappa shape index (κ2) is 5.17. The molecule has 1 aliphatic heterocycles. The van der Waals surface area contributed by atoms with E-state index in [1.807, 2.05) is 30.0 Å². The van der Waals surface area contributed by atoms with Crippen LogP contribution in [-0.4, -0.2) is 28.4 Å². The molecule has 1 aromatic heterocycles. The number of benzene rings is 1. The van der Waals surface area contributed by atoms with Gasteiger partial charge >= 0.3 is 0 Å². The van der Waals surface area contributed by atoms with E-state index in [1.165, 1.54) is 0 Å². The van der Waals surface area contributed by atoms with Gasteiger partial charge in [0, 0.05) is 28.8 Å². The zero-order valence-corrected chi connectivity index (χ0v) is 11.4. The van der Waals surface area contributed by atoms with Gasteiger partial charge in [-0.25, -0.2) is 0 Å². The summed E-state index contributed by atoms with van der Waals surface area (Å²) in [6, 6.07) is 5.88. The molecule has 1 aliphatic rings. The van der Waals surface area contributed by atoms with E-state index in [9.17, 15) is 4.79 Å². The zero-order chi connectivity index (χ0) is 13.2. The van der Waals surface area contributed by atoms with E-state index in [0.717, 1.165) is 35.3 Å². The number of nitrogens with one attached hydrogen (secondary N) is 2. The lowest BCUT2D eigenvalue weighted by atomic mass is 10.1. The van der Waals surface area contributed by atoms with E-state index in [4.69, 9.17) is 5.73 Å². The average Bonchev–Trinajstić information content (AvgIpc) is 2.82. The Kier molecular flexibility index (Phi) is 3.38.